The van der Waals surface area contributed by atoms with Crippen LogP contribution in [0, 0.1) is 5.92 Å². The molecule has 0 aromatic carbocycles. The molecular formula is C36H70O5. The lowest BCUT2D eigenvalue weighted by molar-refractivity contribution is -0.150. The fourth-order valence-corrected chi connectivity index (χ4v) is 5.84. The first kappa shape index (κ1) is 39.9. The number of ether oxygens (including phenoxy) is 1. The largest absolute Gasteiger partial charge is 0.481 e. The molecule has 0 heterocycles. The van der Waals surface area contributed by atoms with E-state index in [4.69, 9.17) is 14.9 Å². The van der Waals surface area contributed by atoms with Gasteiger partial charge in [-0.15, -0.1) is 0 Å². The van der Waals surface area contributed by atoms with Gasteiger partial charge in [0.2, 0.25) is 0 Å². The molecule has 1 atom stereocenters. The number of hydrogen-bond acceptors (Lipinski definition) is 4. The average Bonchev–Trinajstić information content (AvgIpc) is 2.96. The summed E-state index contributed by atoms with van der Waals surface area (Å²) < 4.78 is 5.29. The Morgan fingerprint density at radius 3 is 1.15 bits per heavy atom. The van der Waals surface area contributed by atoms with Crippen LogP contribution in [0.4, 0.5) is 0 Å². The highest BCUT2D eigenvalue weighted by Gasteiger charge is 2.19. The molecule has 0 aromatic rings. The first-order valence-electron chi connectivity index (χ1n) is 18.1. The summed E-state index contributed by atoms with van der Waals surface area (Å²) in [5, 5.41) is 17.7. The van der Waals surface area contributed by atoms with Crippen LogP contribution in [0.1, 0.15) is 200 Å². The zero-order valence-corrected chi connectivity index (χ0v) is 27.3. The molecule has 1 unspecified atom stereocenters. The molecule has 0 saturated heterocycles. The highest BCUT2D eigenvalue weighted by atomic mass is 16.5. The van der Waals surface area contributed by atoms with Crippen LogP contribution in [0.15, 0.2) is 0 Å². The summed E-state index contributed by atoms with van der Waals surface area (Å²) in [6.07, 6.45) is 36.7. The second-order valence-electron chi connectivity index (χ2n) is 12.5. The number of unbranched alkanes of at least 4 members (excludes halogenated alkanes) is 25. The predicted octanol–water partition coefficient (Wildman–Crippen LogP) is 10.9. The van der Waals surface area contributed by atoms with E-state index >= 15 is 0 Å². The first-order valence-corrected chi connectivity index (χ1v) is 18.1. The normalized spacial score (nSPS) is 12.0. The van der Waals surface area contributed by atoms with Gasteiger partial charge in [-0.3, -0.25) is 9.59 Å². The van der Waals surface area contributed by atoms with E-state index in [0.717, 1.165) is 38.5 Å². The maximum atomic E-state index is 12.5. The quantitative estimate of drug-likeness (QED) is 0.0582. The second-order valence-corrected chi connectivity index (χ2v) is 12.5. The van der Waals surface area contributed by atoms with Crippen molar-refractivity contribution in [2.75, 3.05) is 13.2 Å². The fourth-order valence-electron chi connectivity index (χ4n) is 5.84. The minimum absolute atomic E-state index is 0.00872. The van der Waals surface area contributed by atoms with Crippen molar-refractivity contribution in [3.8, 4) is 0 Å². The summed E-state index contributed by atoms with van der Waals surface area (Å²) in [4.78, 5) is 23.0. The van der Waals surface area contributed by atoms with Gasteiger partial charge >= 0.3 is 11.9 Å². The number of carbonyl (C=O) groups is 2. The first-order chi connectivity index (χ1) is 20.1. The number of carboxylic acids is 1. The summed E-state index contributed by atoms with van der Waals surface area (Å²) in [5.74, 6) is -0.759. The van der Waals surface area contributed by atoms with Crippen LogP contribution in [0.5, 0.6) is 0 Å². The standard InChI is InChI=1S/C36H70O5/c1-2-3-4-5-6-7-8-14-17-20-23-26-29-34(36(40)41-33-32-37)30-27-24-21-18-15-12-10-9-11-13-16-19-22-25-28-31-35(38)39/h34,37H,2-33H2,1H3,(H,38,39). The van der Waals surface area contributed by atoms with E-state index in [1.54, 1.807) is 0 Å². The van der Waals surface area contributed by atoms with E-state index in [-0.39, 0.29) is 25.1 Å². The number of carboxylic acid groups (broad SMARTS) is 1. The zero-order chi connectivity index (χ0) is 30.1. The molecule has 5 heteroatoms. The Bertz CT molecular complexity index is 550. The molecule has 0 bridgehead atoms. The highest BCUT2D eigenvalue weighted by molar-refractivity contribution is 5.72. The molecule has 0 aromatic heterocycles. The number of carbonyl (C=O) groups excluding carboxylic acids is 1. The minimum Gasteiger partial charge on any atom is -0.481 e. The van der Waals surface area contributed by atoms with Gasteiger partial charge in [-0.25, -0.2) is 0 Å². The number of esters is 1. The monoisotopic (exact) mass is 583 g/mol. The predicted molar refractivity (Wildman–Crippen MR) is 173 cm³/mol. The van der Waals surface area contributed by atoms with E-state index in [2.05, 4.69) is 6.92 Å². The third-order valence-electron chi connectivity index (χ3n) is 8.52. The van der Waals surface area contributed by atoms with E-state index in [1.807, 2.05) is 0 Å². The van der Waals surface area contributed by atoms with Crippen LogP contribution in [0.2, 0.25) is 0 Å². The Labute approximate surface area is 255 Å². The Morgan fingerprint density at radius 1 is 0.512 bits per heavy atom. The zero-order valence-electron chi connectivity index (χ0n) is 27.3. The maximum Gasteiger partial charge on any atom is 0.309 e. The lowest BCUT2D eigenvalue weighted by Gasteiger charge is -2.16. The number of rotatable bonds is 34. The Hall–Kier alpha value is -1.10. The van der Waals surface area contributed by atoms with Gasteiger partial charge in [-0.05, 0) is 19.3 Å². The van der Waals surface area contributed by atoms with Gasteiger partial charge in [0.15, 0.2) is 0 Å². The summed E-state index contributed by atoms with van der Waals surface area (Å²) in [7, 11) is 0. The highest BCUT2D eigenvalue weighted by Crippen LogP contribution is 2.21. The van der Waals surface area contributed by atoms with Gasteiger partial charge in [-0.2, -0.15) is 0 Å². The van der Waals surface area contributed by atoms with E-state index in [0.29, 0.717) is 6.42 Å². The van der Waals surface area contributed by atoms with E-state index in [9.17, 15) is 9.59 Å². The number of aliphatic carboxylic acids is 1. The average molecular weight is 583 g/mol. The van der Waals surface area contributed by atoms with Crippen LogP contribution < -0.4 is 0 Å². The topological polar surface area (TPSA) is 83.8 Å². The molecule has 2 N–H and O–H groups in total. The molecule has 0 aliphatic carbocycles. The third kappa shape index (κ3) is 31.7. The van der Waals surface area contributed by atoms with Crippen LogP contribution in [0.25, 0.3) is 0 Å². The molecule has 0 radical (unpaired) electrons. The van der Waals surface area contributed by atoms with E-state index in [1.165, 1.54) is 148 Å². The molecule has 244 valence electrons. The van der Waals surface area contributed by atoms with Crippen LogP contribution in [-0.2, 0) is 14.3 Å². The number of aliphatic hydroxyl groups is 1. The lowest BCUT2D eigenvalue weighted by Crippen LogP contribution is -2.19. The molecular weight excluding hydrogens is 512 g/mol. The van der Waals surface area contributed by atoms with Gasteiger partial charge in [0.05, 0.1) is 12.5 Å². The molecule has 0 amide bonds. The van der Waals surface area contributed by atoms with Crippen LogP contribution in [-0.4, -0.2) is 35.4 Å². The SMILES string of the molecule is CCCCCCCCCCCCCCC(CCCCCCCCCCCCCCCCCC(=O)O)C(=O)OCCO. The van der Waals surface area contributed by atoms with Gasteiger partial charge in [-0.1, -0.05) is 174 Å². The van der Waals surface area contributed by atoms with Crippen molar-refractivity contribution in [1.82, 2.24) is 0 Å². The van der Waals surface area contributed by atoms with Crippen molar-refractivity contribution >= 4 is 11.9 Å². The summed E-state index contributed by atoms with van der Waals surface area (Å²) in [6, 6.07) is 0. The molecule has 0 aliphatic rings. The van der Waals surface area contributed by atoms with Crippen molar-refractivity contribution in [2.45, 2.75) is 200 Å². The molecule has 0 spiro atoms. The molecule has 5 nitrogen and oxygen atoms in total. The number of aliphatic hydroxyl groups excluding tert-OH is 1. The summed E-state index contributed by atoms with van der Waals surface area (Å²) >= 11 is 0. The van der Waals surface area contributed by atoms with Gasteiger partial charge in [0, 0.05) is 6.42 Å². The van der Waals surface area contributed by atoms with Crippen LogP contribution in [0.3, 0.4) is 0 Å². The summed E-state index contributed by atoms with van der Waals surface area (Å²) in [5.41, 5.74) is 0. The van der Waals surface area contributed by atoms with Crippen molar-refractivity contribution in [3.63, 3.8) is 0 Å². The van der Waals surface area contributed by atoms with Crippen LogP contribution >= 0.6 is 0 Å². The van der Waals surface area contributed by atoms with Gasteiger partial charge in [0.1, 0.15) is 6.61 Å². The van der Waals surface area contributed by atoms with Crippen molar-refractivity contribution in [1.29, 1.82) is 0 Å². The van der Waals surface area contributed by atoms with Crippen molar-refractivity contribution < 1.29 is 24.5 Å². The lowest BCUT2D eigenvalue weighted by atomic mass is 9.94. The van der Waals surface area contributed by atoms with Crippen molar-refractivity contribution in [3.05, 3.63) is 0 Å². The Balaban J connectivity index is 3.67. The fraction of sp³-hybridized carbons (Fsp3) is 0.944. The smallest absolute Gasteiger partial charge is 0.309 e. The second kappa shape index (κ2) is 33.4. The van der Waals surface area contributed by atoms with Gasteiger partial charge in [0.25, 0.3) is 0 Å². The summed E-state index contributed by atoms with van der Waals surface area (Å²) in [6.45, 7) is 2.31. The van der Waals surface area contributed by atoms with E-state index < -0.39 is 5.97 Å². The number of hydrogen-bond donors (Lipinski definition) is 2. The minimum atomic E-state index is -0.671. The Kier molecular flexibility index (Phi) is 32.5. The Morgan fingerprint density at radius 2 is 0.829 bits per heavy atom. The third-order valence-corrected chi connectivity index (χ3v) is 8.52. The molecule has 41 heavy (non-hydrogen) atoms. The molecule has 0 aliphatic heterocycles. The molecule has 0 saturated carbocycles. The molecule has 0 rings (SSSR count). The molecule has 0 fully saturated rings. The maximum absolute atomic E-state index is 12.5. The van der Waals surface area contributed by atoms with Gasteiger partial charge < -0.3 is 14.9 Å². The van der Waals surface area contributed by atoms with Crippen molar-refractivity contribution in [2.24, 2.45) is 5.92 Å².